The molecule has 0 bridgehead atoms. The van der Waals surface area contributed by atoms with Crippen molar-refractivity contribution in [3.8, 4) is 0 Å². The number of hydrogen-bond acceptors (Lipinski definition) is 1. The van der Waals surface area contributed by atoms with Crippen LogP contribution in [0.15, 0.2) is 24.4 Å². The van der Waals surface area contributed by atoms with Crippen LogP contribution in [0.3, 0.4) is 0 Å². The average Bonchev–Trinajstić information content (AvgIpc) is 2.64. The lowest BCUT2D eigenvalue weighted by atomic mass is 10.0. The first-order valence-corrected chi connectivity index (χ1v) is 5.20. The molecule has 1 N–H and O–H groups in total. The Kier molecular flexibility index (Phi) is 1.63. The van der Waals surface area contributed by atoms with Gasteiger partial charge in [0.2, 0.25) is 0 Å². The number of aryl methyl sites for hydroxylation is 1. The Labute approximate surface area is 87.7 Å². The van der Waals surface area contributed by atoms with Crippen molar-refractivity contribution in [3.05, 3.63) is 35.5 Å². The molecule has 3 nitrogen and oxygen atoms in total. The third-order valence-corrected chi connectivity index (χ3v) is 3.01. The average molecular weight is 200 g/mol. The van der Waals surface area contributed by atoms with E-state index in [1.54, 1.807) is 0 Å². The molecule has 0 unspecified atom stereocenters. The number of amides is 1. The van der Waals surface area contributed by atoms with Gasteiger partial charge in [0, 0.05) is 35.8 Å². The lowest BCUT2D eigenvalue weighted by Gasteiger charge is -2.12. The number of nitrogens with zero attached hydrogens (tertiary/aromatic N) is 1. The van der Waals surface area contributed by atoms with E-state index in [9.17, 15) is 4.79 Å². The molecular formula is C12H12N2O. The number of carbonyl (C=O) groups is 1. The second kappa shape index (κ2) is 2.86. The van der Waals surface area contributed by atoms with E-state index in [0.29, 0.717) is 6.54 Å². The molecule has 1 aliphatic rings. The highest BCUT2D eigenvalue weighted by Crippen LogP contribution is 2.27. The van der Waals surface area contributed by atoms with E-state index in [-0.39, 0.29) is 5.91 Å². The summed E-state index contributed by atoms with van der Waals surface area (Å²) in [5, 5.41) is 4.01. The zero-order valence-electron chi connectivity index (χ0n) is 8.58. The highest BCUT2D eigenvalue weighted by Gasteiger charge is 2.20. The fourth-order valence-corrected chi connectivity index (χ4v) is 2.29. The molecule has 0 fully saturated rings. The third kappa shape index (κ3) is 1.03. The van der Waals surface area contributed by atoms with Crippen LogP contribution in [0.25, 0.3) is 10.9 Å². The summed E-state index contributed by atoms with van der Waals surface area (Å²) in [5.74, 6) is 0.0435. The van der Waals surface area contributed by atoms with Crippen LogP contribution < -0.4 is 5.32 Å². The van der Waals surface area contributed by atoms with Crippen molar-refractivity contribution in [2.45, 2.75) is 20.0 Å². The van der Waals surface area contributed by atoms with Crippen molar-refractivity contribution in [3.63, 3.8) is 0 Å². The van der Waals surface area contributed by atoms with Crippen molar-refractivity contribution >= 4 is 16.8 Å². The van der Waals surface area contributed by atoms with Crippen molar-refractivity contribution < 1.29 is 4.79 Å². The first kappa shape index (κ1) is 8.53. The number of benzene rings is 1. The van der Waals surface area contributed by atoms with E-state index in [1.165, 1.54) is 11.1 Å². The second-order valence-corrected chi connectivity index (χ2v) is 3.82. The Morgan fingerprint density at radius 1 is 1.47 bits per heavy atom. The maximum absolute atomic E-state index is 11.6. The van der Waals surface area contributed by atoms with Gasteiger partial charge in [-0.2, -0.15) is 0 Å². The van der Waals surface area contributed by atoms with Crippen molar-refractivity contribution in [2.24, 2.45) is 0 Å². The van der Waals surface area contributed by atoms with Crippen molar-refractivity contribution in [2.75, 3.05) is 0 Å². The van der Waals surface area contributed by atoms with E-state index in [0.717, 1.165) is 17.5 Å². The summed E-state index contributed by atoms with van der Waals surface area (Å²) in [6, 6.07) is 5.91. The van der Waals surface area contributed by atoms with E-state index < -0.39 is 0 Å². The molecule has 0 spiro atoms. The molecule has 0 saturated heterocycles. The van der Waals surface area contributed by atoms with Gasteiger partial charge >= 0.3 is 0 Å². The standard InChI is InChI=1S/C12H12N2O/c1-2-14-7-8-6-13-12(15)9-4-3-5-10(14)11(8)9/h3-5,7H,2,6H2,1H3,(H,13,15). The molecule has 0 radical (unpaired) electrons. The zero-order chi connectivity index (χ0) is 10.4. The lowest BCUT2D eigenvalue weighted by Crippen LogP contribution is -2.26. The molecule has 1 aromatic heterocycles. The van der Waals surface area contributed by atoms with Gasteiger partial charge in [0.25, 0.3) is 5.91 Å². The van der Waals surface area contributed by atoms with Gasteiger partial charge in [-0.05, 0) is 24.6 Å². The molecular weight excluding hydrogens is 188 g/mol. The SMILES string of the molecule is CCn1cc2c3c(cccc31)C(=O)NC2. The summed E-state index contributed by atoms with van der Waals surface area (Å²) in [6.45, 7) is 3.70. The van der Waals surface area contributed by atoms with E-state index in [4.69, 9.17) is 0 Å². The molecule has 1 amide bonds. The van der Waals surface area contributed by atoms with Crippen LogP contribution in [0.5, 0.6) is 0 Å². The first-order chi connectivity index (χ1) is 7.31. The molecule has 0 saturated carbocycles. The maximum Gasteiger partial charge on any atom is 0.252 e. The number of nitrogens with one attached hydrogen (secondary N) is 1. The topological polar surface area (TPSA) is 34.0 Å². The van der Waals surface area contributed by atoms with Gasteiger partial charge in [-0.15, -0.1) is 0 Å². The number of rotatable bonds is 1. The monoisotopic (exact) mass is 200 g/mol. The van der Waals surface area contributed by atoms with Gasteiger partial charge in [0.1, 0.15) is 0 Å². The van der Waals surface area contributed by atoms with Crippen LogP contribution in [0.4, 0.5) is 0 Å². The minimum atomic E-state index is 0.0435. The predicted molar refractivity (Wildman–Crippen MR) is 58.8 cm³/mol. The summed E-state index contributed by atoms with van der Waals surface area (Å²) in [4.78, 5) is 11.6. The Balaban J connectivity index is 2.45. The third-order valence-electron chi connectivity index (χ3n) is 3.01. The van der Waals surface area contributed by atoms with E-state index in [1.807, 2.05) is 12.1 Å². The van der Waals surface area contributed by atoms with Gasteiger partial charge in [0.15, 0.2) is 0 Å². The molecule has 15 heavy (non-hydrogen) atoms. The normalized spacial score (nSPS) is 14.3. The van der Waals surface area contributed by atoms with Crippen LogP contribution in [0.2, 0.25) is 0 Å². The zero-order valence-corrected chi connectivity index (χ0v) is 8.58. The van der Waals surface area contributed by atoms with Crippen LogP contribution >= 0.6 is 0 Å². The number of carbonyl (C=O) groups excluding carboxylic acids is 1. The highest BCUT2D eigenvalue weighted by atomic mass is 16.1. The van der Waals surface area contributed by atoms with Gasteiger partial charge in [-0.3, -0.25) is 4.79 Å². The molecule has 2 aromatic rings. The fraction of sp³-hybridized carbons (Fsp3) is 0.250. The number of aromatic nitrogens is 1. The lowest BCUT2D eigenvalue weighted by molar-refractivity contribution is 0.0949. The largest absolute Gasteiger partial charge is 0.348 e. The summed E-state index contributed by atoms with van der Waals surface area (Å²) >= 11 is 0. The van der Waals surface area contributed by atoms with Crippen molar-refractivity contribution in [1.82, 2.24) is 9.88 Å². The molecule has 0 aliphatic carbocycles. The second-order valence-electron chi connectivity index (χ2n) is 3.82. The molecule has 1 aromatic carbocycles. The quantitative estimate of drug-likeness (QED) is 0.749. The van der Waals surface area contributed by atoms with Gasteiger partial charge in [-0.1, -0.05) is 6.07 Å². The maximum atomic E-state index is 11.6. The van der Waals surface area contributed by atoms with Crippen LogP contribution in [0, 0.1) is 0 Å². The summed E-state index contributed by atoms with van der Waals surface area (Å²) < 4.78 is 2.19. The summed E-state index contributed by atoms with van der Waals surface area (Å²) in [5.41, 5.74) is 3.20. The molecule has 2 heterocycles. The Hall–Kier alpha value is -1.77. The fourth-order valence-electron chi connectivity index (χ4n) is 2.29. The first-order valence-electron chi connectivity index (χ1n) is 5.20. The minimum absolute atomic E-state index is 0.0435. The van der Waals surface area contributed by atoms with Gasteiger partial charge < -0.3 is 9.88 Å². The Morgan fingerprint density at radius 2 is 2.33 bits per heavy atom. The molecule has 3 rings (SSSR count). The predicted octanol–water partition coefficient (Wildman–Crippen LogP) is 1.90. The van der Waals surface area contributed by atoms with Crippen molar-refractivity contribution in [1.29, 1.82) is 0 Å². The van der Waals surface area contributed by atoms with Crippen LogP contribution in [-0.2, 0) is 13.1 Å². The van der Waals surface area contributed by atoms with Gasteiger partial charge in [-0.25, -0.2) is 0 Å². The number of hydrogen-bond donors (Lipinski definition) is 1. The van der Waals surface area contributed by atoms with E-state index >= 15 is 0 Å². The molecule has 3 heteroatoms. The van der Waals surface area contributed by atoms with Crippen LogP contribution in [0.1, 0.15) is 22.8 Å². The molecule has 1 aliphatic heterocycles. The Morgan fingerprint density at radius 3 is 3.13 bits per heavy atom. The van der Waals surface area contributed by atoms with Gasteiger partial charge in [0.05, 0.1) is 0 Å². The van der Waals surface area contributed by atoms with E-state index in [2.05, 4.69) is 29.1 Å². The molecule has 0 atom stereocenters. The Bertz CT molecular complexity index is 554. The summed E-state index contributed by atoms with van der Waals surface area (Å²) in [7, 11) is 0. The molecule has 76 valence electrons. The highest BCUT2D eigenvalue weighted by molar-refractivity contribution is 6.09. The summed E-state index contributed by atoms with van der Waals surface area (Å²) in [6.07, 6.45) is 2.13. The smallest absolute Gasteiger partial charge is 0.252 e. The van der Waals surface area contributed by atoms with Crippen LogP contribution in [-0.4, -0.2) is 10.5 Å². The minimum Gasteiger partial charge on any atom is -0.348 e.